The molecule has 20 heavy (non-hydrogen) atoms. The first-order chi connectivity index (χ1) is 9.60. The molecule has 1 fully saturated rings. The highest BCUT2D eigenvalue weighted by Crippen LogP contribution is 2.27. The number of hydrogen-bond acceptors (Lipinski definition) is 5. The summed E-state index contributed by atoms with van der Waals surface area (Å²) in [6.45, 7) is 9.79. The summed E-state index contributed by atoms with van der Waals surface area (Å²) in [5, 5.41) is 0. The monoisotopic (exact) mass is 296 g/mol. The van der Waals surface area contributed by atoms with Crippen molar-refractivity contribution in [3.63, 3.8) is 0 Å². The molecule has 5 heteroatoms. The second-order valence-electron chi connectivity index (χ2n) is 5.88. The first kappa shape index (κ1) is 15.9. The molecule has 114 valence electrons. The Morgan fingerprint density at radius 3 is 2.45 bits per heavy atom. The Labute approximate surface area is 127 Å². The fraction of sp³-hybridized carbons (Fsp3) is 0.733. The SMILES string of the molecule is Cc1ccc(C(CN)N2CCN(CCN(C)C)CC2)s1. The second-order valence-corrected chi connectivity index (χ2v) is 7.20. The highest BCUT2D eigenvalue weighted by molar-refractivity contribution is 7.12. The van der Waals surface area contributed by atoms with Gasteiger partial charge in [0.05, 0.1) is 6.04 Å². The molecule has 1 aliphatic rings. The van der Waals surface area contributed by atoms with E-state index in [4.69, 9.17) is 5.73 Å². The van der Waals surface area contributed by atoms with Crippen molar-refractivity contribution in [1.29, 1.82) is 0 Å². The molecular weight excluding hydrogens is 268 g/mol. The van der Waals surface area contributed by atoms with Crippen molar-refractivity contribution in [3.8, 4) is 0 Å². The van der Waals surface area contributed by atoms with Gasteiger partial charge >= 0.3 is 0 Å². The van der Waals surface area contributed by atoms with Crippen LogP contribution in [0.4, 0.5) is 0 Å². The van der Waals surface area contributed by atoms with Gasteiger partial charge < -0.3 is 10.6 Å². The molecule has 1 aromatic heterocycles. The first-order valence-electron chi connectivity index (χ1n) is 7.47. The lowest BCUT2D eigenvalue weighted by atomic mass is 10.1. The van der Waals surface area contributed by atoms with E-state index in [0.29, 0.717) is 6.04 Å². The number of likely N-dealkylation sites (N-methyl/N-ethyl adjacent to an activating group) is 1. The van der Waals surface area contributed by atoms with Crippen molar-refractivity contribution in [2.45, 2.75) is 13.0 Å². The molecule has 0 saturated carbocycles. The topological polar surface area (TPSA) is 35.7 Å². The van der Waals surface area contributed by atoms with Crippen molar-refractivity contribution < 1.29 is 0 Å². The van der Waals surface area contributed by atoms with Crippen LogP contribution in [0, 0.1) is 6.92 Å². The quantitative estimate of drug-likeness (QED) is 0.857. The minimum absolute atomic E-state index is 0.407. The fourth-order valence-electron chi connectivity index (χ4n) is 2.72. The average Bonchev–Trinajstić information content (AvgIpc) is 2.85. The molecule has 0 spiro atoms. The Morgan fingerprint density at radius 1 is 1.25 bits per heavy atom. The van der Waals surface area contributed by atoms with Crippen LogP contribution < -0.4 is 5.73 Å². The molecule has 0 bridgehead atoms. The normalized spacial score (nSPS) is 19.6. The number of aryl methyl sites for hydroxylation is 1. The minimum atomic E-state index is 0.407. The molecular formula is C15H28N4S. The van der Waals surface area contributed by atoms with Gasteiger partial charge in [-0.1, -0.05) is 0 Å². The van der Waals surface area contributed by atoms with E-state index in [-0.39, 0.29) is 0 Å². The van der Waals surface area contributed by atoms with E-state index in [0.717, 1.165) is 39.3 Å². The van der Waals surface area contributed by atoms with E-state index in [1.165, 1.54) is 16.3 Å². The van der Waals surface area contributed by atoms with Gasteiger partial charge in [-0.15, -0.1) is 11.3 Å². The minimum Gasteiger partial charge on any atom is -0.329 e. The summed E-state index contributed by atoms with van der Waals surface area (Å²) in [6.07, 6.45) is 0. The Hall–Kier alpha value is -0.460. The summed E-state index contributed by atoms with van der Waals surface area (Å²) in [5.74, 6) is 0. The zero-order valence-corrected chi connectivity index (χ0v) is 13.8. The lowest BCUT2D eigenvalue weighted by Crippen LogP contribution is -2.50. The van der Waals surface area contributed by atoms with E-state index in [9.17, 15) is 0 Å². The zero-order valence-electron chi connectivity index (χ0n) is 13.0. The average molecular weight is 296 g/mol. The molecule has 0 radical (unpaired) electrons. The number of hydrogen-bond donors (Lipinski definition) is 1. The third kappa shape index (κ3) is 4.27. The molecule has 1 atom stereocenters. The number of nitrogens with zero attached hydrogens (tertiary/aromatic N) is 3. The van der Waals surface area contributed by atoms with Gasteiger partial charge in [-0.05, 0) is 33.2 Å². The lowest BCUT2D eigenvalue weighted by Gasteiger charge is -2.39. The highest BCUT2D eigenvalue weighted by Gasteiger charge is 2.24. The zero-order chi connectivity index (χ0) is 14.5. The number of piperazine rings is 1. The van der Waals surface area contributed by atoms with Gasteiger partial charge in [0.15, 0.2) is 0 Å². The third-order valence-corrected chi connectivity index (χ3v) is 5.13. The van der Waals surface area contributed by atoms with Gasteiger partial charge in [0.2, 0.25) is 0 Å². The molecule has 0 aliphatic carbocycles. The molecule has 0 aromatic carbocycles. The van der Waals surface area contributed by atoms with E-state index < -0.39 is 0 Å². The molecule has 2 heterocycles. The van der Waals surface area contributed by atoms with Crippen LogP contribution in [0.15, 0.2) is 12.1 Å². The van der Waals surface area contributed by atoms with Gasteiger partial charge in [-0.2, -0.15) is 0 Å². The molecule has 1 unspecified atom stereocenters. The maximum atomic E-state index is 6.02. The van der Waals surface area contributed by atoms with Crippen molar-refractivity contribution in [1.82, 2.24) is 14.7 Å². The van der Waals surface area contributed by atoms with Crippen LogP contribution in [0.1, 0.15) is 15.8 Å². The molecule has 1 aliphatic heterocycles. The van der Waals surface area contributed by atoms with Crippen molar-refractivity contribution in [2.24, 2.45) is 5.73 Å². The van der Waals surface area contributed by atoms with Crippen molar-refractivity contribution in [2.75, 3.05) is 59.9 Å². The summed E-state index contributed by atoms with van der Waals surface area (Å²) >= 11 is 1.89. The van der Waals surface area contributed by atoms with Gasteiger partial charge in [0, 0.05) is 55.6 Å². The molecule has 1 saturated heterocycles. The number of rotatable bonds is 6. The maximum Gasteiger partial charge on any atom is 0.0565 e. The smallest absolute Gasteiger partial charge is 0.0565 e. The van der Waals surface area contributed by atoms with Crippen LogP contribution in [0.5, 0.6) is 0 Å². The lowest BCUT2D eigenvalue weighted by molar-refractivity contribution is 0.0952. The molecule has 0 amide bonds. The Morgan fingerprint density at radius 2 is 1.95 bits per heavy atom. The fourth-order valence-corrected chi connectivity index (χ4v) is 3.74. The summed E-state index contributed by atoms with van der Waals surface area (Å²) < 4.78 is 0. The van der Waals surface area contributed by atoms with Gasteiger partial charge in [-0.25, -0.2) is 0 Å². The van der Waals surface area contributed by atoms with Crippen LogP contribution in [0.3, 0.4) is 0 Å². The number of thiophene rings is 1. The number of nitrogens with two attached hydrogens (primary N) is 1. The van der Waals surface area contributed by atoms with Crippen LogP contribution in [0.2, 0.25) is 0 Å². The van der Waals surface area contributed by atoms with Gasteiger partial charge in [-0.3, -0.25) is 9.80 Å². The third-order valence-electron chi connectivity index (χ3n) is 4.02. The van der Waals surface area contributed by atoms with Crippen molar-refractivity contribution >= 4 is 11.3 Å². The Kier molecular flexibility index (Phi) is 5.99. The maximum absolute atomic E-state index is 6.02. The summed E-state index contributed by atoms with van der Waals surface area (Å²) in [5.41, 5.74) is 6.02. The second kappa shape index (κ2) is 7.52. The van der Waals surface area contributed by atoms with Crippen molar-refractivity contribution in [3.05, 3.63) is 21.9 Å². The summed E-state index contributed by atoms with van der Waals surface area (Å²) in [7, 11) is 4.28. The van der Waals surface area contributed by atoms with E-state index in [2.05, 4.69) is 47.9 Å². The Bertz CT molecular complexity index is 396. The van der Waals surface area contributed by atoms with E-state index in [1.54, 1.807) is 0 Å². The molecule has 4 nitrogen and oxygen atoms in total. The van der Waals surface area contributed by atoms with E-state index >= 15 is 0 Å². The summed E-state index contributed by atoms with van der Waals surface area (Å²) in [6, 6.07) is 4.86. The molecule has 2 N–H and O–H groups in total. The largest absolute Gasteiger partial charge is 0.329 e. The Balaban J connectivity index is 1.85. The van der Waals surface area contributed by atoms with Gasteiger partial charge in [0.1, 0.15) is 0 Å². The molecule has 2 rings (SSSR count). The van der Waals surface area contributed by atoms with Gasteiger partial charge in [0.25, 0.3) is 0 Å². The summed E-state index contributed by atoms with van der Waals surface area (Å²) in [4.78, 5) is 10.2. The van der Waals surface area contributed by atoms with Crippen LogP contribution in [0.25, 0.3) is 0 Å². The highest BCUT2D eigenvalue weighted by atomic mass is 32.1. The molecule has 1 aromatic rings. The predicted octanol–water partition coefficient (Wildman–Crippen LogP) is 1.24. The van der Waals surface area contributed by atoms with Crippen LogP contribution in [-0.4, -0.2) is 74.6 Å². The predicted molar refractivity (Wildman–Crippen MR) is 87.4 cm³/mol. The van der Waals surface area contributed by atoms with E-state index in [1.807, 2.05) is 11.3 Å². The van der Waals surface area contributed by atoms with Crippen LogP contribution in [-0.2, 0) is 0 Å². The standard InChI is InChI=1S/C15H28N4S/c1-13-4-5-15(20-13)14(12-16)19-10-8-18(9-11-19)7-6-17(2)3/h4-5,14H,6-12,16H2,1-3H3. The van der Waals surface area contributed by atoms with Crippen LogP contribution >= 0.6 is 11.3 Å². The first-order valence-corrected chi connectivity index (χ1v) is 8.29.